The number of rotatable bonds is 2. The summed E-state index contributed by atoms with van der Waals surface area (Å²) in [6.07, 6.45) is 2.92. The summed E-state index contributed by atoms with van der Waals surface area (Å²) in [6, 6.07) is 4.74. The van der Waals surface area contributed by atoms with E-state index in [4.69, 9.17) is 11.6 Å². The molecule has 0 atom stereocenters. The van der Waals surface area contributed by atoms with Crippen LogP contribution in [0.4, 0.5) is 0 Å². The standard InChI is InChI=1S/C13H11ClN2O3/c1-16-7-9(13(18)19-2)5-10(12(16)17)8-3-4-11(14)15-6-8/h3-7H,1-2H3. The van der Waals surface area contributed by atoms with Crippen LogP contribution in [0.25, 0.3) is 11.1 Å². The Morgan fingerprint density at radius 2 is 2.16 bits per heavy atom. The number of esters is 1. The fourth-order valence-electron chi connectivity index (χ4n) is 1.68. The van der Waals surface area contributed by atoms with Gasteiger partial charge in [0, 0.05) is 30.6 Å². The molecule has 98 valence electrons. The van der Waals surface area contributed by atoms with Crippen molar-refractivity contribution in [2.45, 2.75) is 0 Å². The van der Waals surface area contributed by atoms with E-state index in [0.717, 1.165) is 0 Å². The Kier molecular flexibility index (Phi) is 3.66. The van der Waals surface area contributed by atoms with Crippen molar-refractivity contribution in [1.82, 2.24) is 9.55 Å². The second-order valence-corrected chi connectivity index (χ2v) is 4.31. The molecule has 0 aliphatic carbocycles. The van der Waals surface area contributed by atoms with Gasteiger partial charge in [-0.05, 0) is 18.2 Å². The highest BCUT2D eigenvalue weighted by Gasteiger charge is 2.12. The highest BCUT2D eigenvalue weighted by Crippen LogP contribution is 2.17. The van der Waals surface area contributed by atoms with Gasteiger partial charge in [0.25, 0.3) is 5.56 Å². The Hall–Kier alpha value is -2.14. The molecule has 6 heteroatoms. The van der Waals surface area contributed by atoms with Gasteiger partial charge in [-0.1, -0.05) is 11.6 Å². The lowest BCUT2D eigenvalue weighted by atomic mass is 10.1. The number of halogens is 1. The minimum atomic E-state index is -0.501. The predicted octanol–water partition coefficient (Wildman–Crippen LogP) is 1.89. The van der Waals surface area contributed by atoms with E-state index in [9.17, 15) is 9.59 Å². The predicted molar refractivity (Wildman–Crippen MR) is 71.3 cm³/mol. The lowest BCUT2D eigenvalue weighted by Gasteiger charge is -2.07. The second kappa shape index (κ2) is 5.24. The number of ether oxygens (including phenoxy) is 1. The van der Waals surface area contributed by atoms with Crippen LogP contribution in [-0.4, -0.2) is 22.6 Å². The molecule has 2 rings (SSSR count). The van der Waals surface area contributed by atoms with Crippen LogP contribution in [0, 0.1) is 0 Å². The summed E-state index contributed by atoms with van der Waals surface area (Å²) >= 11 is 5.71. The molecule has 0 spiro atoms. The van der Waals surface area contributed by atoms with Crippen molar-refractivity contribution in [3.8, 4) is 11.1 Å². The molecule has 0 saturated carbocycles. The molecule has 0 amide bonds. The molecule has 0 aliphatic heterocycles. The molecular weight excluding hydrogens is 268 g/mol. The van der Waals surface area contributed by atoms with Crippen molar-refractivity contribution in [1.29, 1.82) is 0 Å². The minimum absolute atomic E-state index is 0.225. The maximum Gasteiger partial charge on any atom is 0.339 e. The molecule has 19 heavy (non-hydrogen) atoms. The average Bonchev–Trinajstić information content (AvgIpc) is 2.42. The molecule has 2 heterocycles. The van der Waals surface area contributed by atoms with E-state index in [1.165, 1.54) is 30.1 Å². The summed E-state index contributed by atoms with van der Waals surface area (Å²) in [4.78, 5) is 27.5. The van der Waals surface area contributed by atoms with Crippen molar-refractivity contribution in [2.75, 3.05) is 7.11 Å². The molecule has 0 N–H and O–H groups in total. The highest BCUT2D eigenvalue weighted by atomic mass is 35.5. The lowest BCUT2D eigenvalue weighted by molar-refractivity contribution is 0.0600. The van der Waals surface area contributed by atoms with Gasteiger partial charge >= 0.3 is 5.97 Å². The van der Waals surface area contributed by atoms with Gasteiger partial charge in [0.2, 0.25) is 0 Å². The first kappa shape index (κ1) is 13.3. The van der Waals surface area contributed by atoms with Gasteiger partial charge in [0.15, 0.2) is 0 Å². The zero-order valence-electron chi connectivity index (χ0n) is 10.4. The van der Waals surface area contributed by atoms with E-state index in [-0.39, 0.29) is 5.56 Å². The second-order valence-electron chi connectivity index (χ2n) is 3.92. The first-order valence-corrected chi connectivity index (χ1v) is 5.81. The third-order valence-corrected chi connectivity index (χ3v) is 2.87. The Balaban J connectivity index is 2.62. The largest absolute Gasteiger partial charge is 0.465 e. The number of aromatic nitrogens is 2. The molecule has 0 aliphatic rings. The summed E-state index contributed by atoms with van der Waals surface area (Å²) in [5.41, 5.74) is 1.04. The van der Waals surface area contributed by atoms with Crippen molar-refractivity contribution in [3.05, 3.63) is 51.7 Å². The first-order valence-electron chi connectivity index (χ1n) is 5.44. The Labute approximate surface area is 114 Å². The number of hydrogen-bond acceptors (Lipinski definition) is 4. The van der Waals surface area contributed by atoms with Gasteiger partial charge in [-0.2, -0.15) is 0 Å². The Morgan fingerprint density at radius 3 is 2.74 bits per heavy atom. The SMILES string of the molecule is COC(=O)c1cc(-c2ccc(Cl)nc2)c(=O)n(C)c1. The van der Waals surface area contributed by atoms with Crippen LogP contribution in [0.1, 0.15) is 10.4 Å². The molecular formula is C13H11ClN2O3. The number of carbonyl (C=O) groups is 1. The molecule has 0 radical (unpaired) electrons. The molecule has 0 bridgehead atoms. The smallest absolute Gasteiger partial charge is 0.339 e. The van der Waals surface area contributed by atoms with Crippen LogP contribution < -0.4 is 5.56 Å². The van der Waals surface area contributed by atoms with Crippen LogP contribution in [0.5, 0.6) is 0 Å². The van der Waals surface area contributed by atoms with Crippen molar-refractivity contribution >= 4 is 17.6 Å². The van der Waals surface area contributed by atoms with Crippen molar-refractivity contribution < 1.29 is 9.53 Å². The molecule has 0 saturated heterocycles. The topological polar surface area (TPSA) is 61.2 Å². The molecule has 0 aromatic carbocycles. The zero-order valence-corrected chi connectivity index (χ0v) is 11.1. The summed E-state index contributed by atoms with van der Waals surface area (Å²) in [7, 11) is 2.86. The first-order chi connectivity index (χ1) is 9.02. The molecule has 5 nitrogen and oxygen atoms in total. The number of nitrogens with zero attached hydrogens (tertiary/aromatic N) is 2. The summed E-state index contributed by atoms with van der Waals surface area (Å²) in [5, 5.41) is 0.338. The highest BCUT2D eigenvalue weighted by molar-refractivity contribution is 6.29. The van der Waals surface area contributed by atoms with Gasteiger partial charge in [0.1, 0.15) is 5.15 Å². The third kappa shape index (κ3) is 2.66. The number of carbonyl (C=O) groups excluding carboxylic acids is 1. The average molecular weight is 279 g/mol. The van der Waals surface area contributed by atoms with Crippen molar-refractivity contribution in [2.24, 2.45) is 7.05 Å². The maximum absolute atomic E-state index is 12.1. The van der Waals surface area contributed by atoms with Crippen molar-refractivity contribution in [3.63, 3.8) is 0 Å². The summed E-state index contributed by atoms with van der Waals surface area (Å²) in [5.74, 6) is -0.501. The van der Waals surface area contributed by atoms with Crippen LogP contribution in [-0.2, 0) is 11.8 Å². The van der Waals surface area contributed by atoms with Gasteiger partial charge < -0.3 is 9.30 Å². The normalized spacial score (nSPS) is 10.3. The van der Waals surface area contributed by atoms with Crippen LogP contribution in [0.15, 0.2) is 35.4 Å². The van der Waals surface area contributed by atoms with E-state index in [1.807, 2.05) is 0 Å². The monoisotopic (exact) mass is 278 g/mol. The molecule has 2 aromatic rings. The maximum atomic E-state index is 12.1. The Morgan fingerprint density at radius 1 is 1.42 bits per heavy atom. The van der Waals surface area contributed by atoms with Crippen LogP contribution in [0.3, 0.4) is 0 Å². The number of hydrogen-bond donors (Lipinski definition) is 0. The third-order valence-electron chi connectivity index (χ3n) is 2.64. The molecule has 0 unspecified atom stereocenters. The van der Waals surface area contributed by atoms with E-state index in [0.29, 0.717) is 21.8 Å². The Bertz CT molecular complexity index is 677. The van der Waals surface area contributed by atoms with Gasteiger partial charge in [-0.15, -0.1) is 0 Å². The minimum Gasteiger partial charge on any atom is -0.465 e. The van der Waals surface area contributed by atoms with E-state index >= 15 is 0 Å². The van der Waals surface area contributed by atoms with Crippen LogP contribution >= 0.6 is 11.6 Å². The zero-order chi connectivity index (χ0) is 14.0. The number of aryl methyl sites for hydroxylation is 1. The van der Waals surface area contributed by atoms with E-state index in [1.54, 1.807) is 19.2 Å². The van der Waals surface area contributed by atoms with E-state index < -0.39 is 5.97 Å². The quantitative estimate of drug-likeness (QED) is 0.622. The van der Waals surface area contributed by atoms with Gasteiger partial charge in [-0.25, -0.2) is 9.78 Å². The van der Waals surface area contributed by atoms with Gasteiger partial charge in [0.05, 0.1) is 12.7 Å². The molecule has 2 aromatic heterocycles. The lowest BCUT2D eigenvalue weighted by Crippen LogP contribution is -2.20. The van der Waals surface area contributed by atoms with Crippen LogP contribution in [0.2, 0.25) is 5.15 Å². The van der Waals surface area contributed by atoms with Gasteiger partial charge in [-0.3, -0.25) is 4.79 Å². The summed E-state index contributed by atoms with van der Waals surface area (Å²) in [6.45, 7) is 0. The molecule has 0 fully saturated rings. The van der Waals surface area contributed by atoms with E-state index in [2.05, 4.69) is 9.72 Å². The number of pyridine rings is 2. The fourth-order valence-corrected chi connectivity index (χ4v) is 1.79. The number of methoxy groups -OCH3 is 1. The fraction of sp³-hybridized carbons (Fsp3) is 0.154. The summed E-state index contributed by atoms with van der Waals surface area (Å²) < 4.78 is 5.98.